The molecule has 5 nitrogen and oxygen atoms in total. The molecule has 0 unspecified atom stereocenters. The van der Waals surface area contributed by atoms with Gasteiger partial charge in [-0.15, -0.1) is 5.11 Å². The second-order valence-electron chi connectivity index (χ2n) is 4.12. The van der Waals surface area contributed by atoms with Gasteiger partial charge in [-0.1, -0.05) is 12.1 Å². The molecule has 2 rings (SSSR count). The van der Waals surface area contributed by atoms with E-state index in [0.717, 1.165) is 4.47 Å². The van der Waals surface area contributed by atoms with Crippen molar-refractivity contribution < 1.29 is 15.0 Å². The van der Waals surface area contributed by atoms with Gasteiger partial charge in [-0.05, 0) is 52.7 Å². The first kappa shape index (κ1) is 14.2. The van der Waals surface area contributed by atoms with Gasteiger partial charge < -0.3 is 10.2 Å². The molecule has 0 saturated carbocycles. The van der Waals surface area contributed by atoms with Gasteiger partial charge >= 0.3 is 5.97 Å². The van der Waals surface area contributed by atoms with Crippen LogP contribution in [0.1, 0.15) is 15.9 Å². The molecule has 0 amide bonds. The van der Waals surface area contributed by atoms with Crippen molar-refractivity contribution in [2.75, 3.05) is 0 Å². The lowest BCUT2D eigenvalue weighted by molar-refractivity contribution is 0.0693. The van der Waals surface area contributed by atoms with Crippen LogP contribution in [-0.2, 0) is 0 Å². The summed E-state index contributed by atoms with van der Waals surface area (Å²) in [5.41, 5.74) is 1.25. The van der Waals surface area contributed by atoms with Crippen molar-refractivity contribution in [3.63, 3.8) is 0 Å². The van der Waals surface area contributed by atoms with Gasteiger partial charge in [0.15, 0.2) is 0 Å². The van der Waals surface area contributed by atoms with E-state index in [-0.39, 0.29) is 11.3 Å². The summed E-state index contributed by atoms with van der Waals surface area (Å²) in [7, 11) is 0. The van der Waals surface area contributed by atoms with Crippen LogP contribution in [0.2, 0.25) is 0 Å². The number of carbonyl (C=O) groups is 1. The summed E-state index contributed by atoms with van der Waals surface area (Å²) in [6.45, 7) is 1.61. The van der Waals surface area contributed by atoms with Crippen LogP contribution in [0, 0.1) is 6.92 Å². The van der Waals surface area contributed by atoms with Crippen molar-refractivity contribution in [1.29, 1.82) is 0 Å². The molecule has 0 atom stereocenters. The Balaban J connectivity index is 2.40. The topological polar surface area (TPSA) is 82.2 Å². The Kier molecular flexibility index (Phi) is 4.14. The predicted octanol–water partition coefficient (Wildman–Crippen LogP) is 4.58. The van der Waals surface area contributed by atoms with E-state index in [1.54, 1.807) is 19.1 Å². The molecular weight excluding hydrogens is 324 g/mol. The minimum absolute atomic E-state index is 0.189. The molecule has 0 saturated heterocycles. The van der Waals surface area contributed by atoms with E-state index >= 15 is 0 Å². The number of carboxylic acid groups (broad SMARTS) is 1. The summed E-state index contributed by atoms with van der Waals surface area (Å²) < 4.78 is 0.790. The molecule has 0 radical (unpaired) electrons. The van der Waals surface area contributed by atoms with Gasteiger partial charge in [-0.3, -0.25) is 0 Å². The number of aromatic hydroxyl groups is 1. The second-order valence-corrected chi connectivity index (χ2v) is 4.97. The van der Waals surface area contributed by atoms with Crippen molar-refractivity contribution in [2.45, 2.75) is 6.92 Å². The number of halogens is 1. The van der Waals surface area contributed by atoms with Crippen molar-refractivity contribution in [3.05, 3.63) is 52.0 Å². The van der Waals surface area contributed by atoms with Crippen LogP contribution < -0.4 is 0 Å². The lowest BCUT2D eigenvalue weighted by Crippen LogP contribution is -1.97. The molecule has 0 heterocycles. The first-order chi connectivity index (χ1) is 9.49. The van der Waals surface area contributed by atoms with Crippen LogP contribution in [0.3, 0.4) is 0 Å². The Morgan fingerprint density at radius 2 is 1.90 bits per heavy atom. The molecule has 2 aromatic rings. The quantitative estimate of drug-likeness (QED) is 0.806. The molecule has 20 heavy (non-hydrogen) atoms. The van der Waals surface area contributed by atoms with Crippen molar-refractivity contribution in [2.24, 2.45) is 10.2 Å². The minimum atomic E-state index is -1.21. The number of phenols is 1. The number of carboxylic acids is 1. The van der Waals surface area contributed by atoms with Crippen molar-refractivity contribution >= 4 is 33.3 Å². The van der Waals surface area contributed by atoms with Gasteiger partial charge in [0.25, 0.3) is 0 Å². The lowest BCUT2D eigenvalue weighted by Gasteiger charge is -2.04. The number of aromatic carboxylic acids is 1. The first-order valence-electron chi connectivity index (χ1n) is 5.72. The van der Waals surface area contributed by atoms with Gasteiger partial charge in [0.05, 0.1) is 11.4 Å². The predicted molar refractivity (Wildman–Crippen MR) is 78.1 cm³/mol. The van der Waals surface area contributed by atoms with E-state index in [2.05, 4.69) is 26.2 Å². The molecule has 0 aromatic heterocycles. The van der Waals surface area contributed by atoms with Gasteiger partial charge in [-0.2, -0.15) is 5.11 Å². The number of aryl methyl sites for hydroxylation is 1. The summed E-state index contributed by atoms with van der Waals surface area (Å²) in [4.78, 5) is 11.0. The largest absolute Gasteiger partial charge is 0.507 e. The Bertz CT molecular complexity index is 699. The van der Waals surface area contributed by atoms with E-state index in [0.29, 0.717) is 16.9 Å². The molecule has 0 aliphatic rings. The summed E-state index contributed by atoms with van der Waals surface area (Å²) in [6, 6.07) is 10.1. The Hall–Kier alpha value is -2.21. The van der Waals surface area contributed by atoms with E-state index in [9.17, 15) is 9.90 Å². The molecule has 102 valence electrons. The fourth-order valence-corrected chi connectivity index (χ4v) is 1.99. The van der Waals surface area contributed by atoms with Crippen molar-refractivity contribution in [1.82, 2.24) is 0 Å². The average molecular weight is 335 g/mol. The number of nitrogens with zero attached hydrogens (tertiary/aromatic N) is 2. The number of hydrogen-bond acceptors (Lipinski definition) is 4. The molecule has 0 spiro atoms. The van der Waals surface area contributed by atoms with Crippen LogP contribution >= 0.6 is 15.9 Å². The molecule has 2 N–H and O–H groups in total. The highest BCUT2D eigenvalue weighted by molar-refractivity contribution is 9.10. The minimum Gasteiger partial charge on any atom is -0.507 e. The van der Waals surface area contributed by atoms with Gasteiger partial charge in [0.2, 0.25) is 0 Å². The Morgan fingerprint density at radius 3 is 2.55 bits per heavy atom. The van der Waals surface area contributed by atoms with E-state index in [1.807, 2.05) is 18.2 Å². The van der Waals surface area contributed by atoms with E-state index in [1.165, 1.54) is 6.07 Å². The zero-order valence-corrected chi connectivity index (χ0v) is 12.1. The molecule has 0 fully saturated rings. The highest BCUT2D eigenvalue weighted by Crippen LogP contribution is 2.30. The zero-order chi connectivity index (χ0) is 14.7. The summed E-state index contributed by atoms with van der Waals surface area (Å²) in [6.07, 6.45) is 0. The molecule has 0 bridgehead atoms. The summed E-state index contributed by atoms with van der Waals surface area (Å²) >= 11 is 3.35. The molecule has 0 aliphatic heterocycles. The third-order valence-corrected chi connectivity index (χ3v) is 3.31. The summed E-state index contributed by atoms with van der Waals surface area (Å²) in [5.74, 6) is -1.46. The molecule has 2 aromatic carbocycles. The molecule has 0 aliphatic carbocycles. The number of azo groups is 1. The fourth-order valence-electron chi connectivity index (χ4n) is 1.63. The number of benzene rings is 2. The molecular formula is C14H11BrN2O3. The van der Waals surface area contributed by atoms with Crippen LogP contribution in [0.5, 0.6) is 5.75 Å². The van der Waals surface area contributed by atoms with E-state index in [4.69, 9.17) is 5.11 Å². The second kappa shape index (κ2) is 5.83. The van der Waals surface area contributed by atoms with Gasteiger partial charge in [0.1, 0.15) is 11.3 Å². The third-order valence-electron chi connectivity index (χ3n) is 2.64. The van der Waals surface area contributed by atoms with Crippen LogP contribution in [0.4, 0.5) is 11.4 Å². The van der Waals surface area contributed by atoms with E-state index < -0.39 is 5.97 Å². The Labute approximate surface area is 123 Å². The lowest BCUT2D eigenvalue weighted by atomic mass is 10.1. The maximum atomic E-state index is 11.0. The number of rotatable bonds is 3. The monoisotopic (exact) mass is 334 g/mol. The zero-order valence-electron chi connectivity index (χ0n) is 10.5. The first-order valence-corrected chi connectivity index (χ1v) is 6.51. The fraction of sp³-hybridized carbons (Fsp3) is 0.0714. The standard InChI is InChI=1S/C14H11BrN2O3/c1-8-6-9(7-10(13(8)18)14(19)20)16-17-12-5-3-2-4-11(12)15/h2-7,18H,1H3,(H,19,20). The maximum Gasteiger partial charge on any atom is 0.339 e. The average Bonchev–Trinajstić information content (AvgIpc) is 2.41. The van der Waals surface area contributed by atoms with Crippen molar-refractivity contribution in [3.8, 4) is 5.75 Å². The van der Waals surface area contributed by atoms with Crippen LogP contribution in [0.15, 0.2) is 51.1 Å². The SMILES string of the molecule is Cc1cc(N=Nc2ccccc2Br)cc(C(=O)O)c1O. The van der Waals surface area contributed by atoms with Gasteiger partial charge in [-0.25, -0.2) is 4.79 Å². The Morgan fingerprint density at radius 1 is 1.20 bits per heavy atom. The normalized spacial score (nSPS) is 10.9. The van der Waals surface area contributed by atoms with Crippen LogP contribution in [0.25, 0.3) is 0 Å². The molecule has 6 heteroatoms. The van der Waals surface area contributed by atoms with Crippen LogP contribution in [-0.4, -0.2) is 16.2 Å². The third kappa shape index (κ3) is 3.03. The highest BCUT2D eigenvalue weighted by Gasteiger charge is 2.13. The summed E-state index contributed by atoms with van der Waals surface area (Å²) in [5, 5.41) is 26.7. The number of hydrogen-bond donors (Lipinski definition) is 2. The van der Waals surface area contributed by atoms with Gasteiger partial charge in [0, 0.05) is 4.47 Å². The smallest absolute Gasteiger partial charge is 0.339 e. The maximum absolute atomic E-state index is 11.0. The highest BCUT2D eigenvalue weighted by atomic mass is 79.9.